The van der Waals surface area contributed by atoms with E-state index in [-0.39, 0.29) is 5.69 Å². The Labute approximate surface area is 94.5 Å². The molecular weight excluding hydrogens is 233 g/mol. The van der Waals surface area contributed by atoms with Crippen LogP contribution in [0.4, 0.5) is 10.1 Å². The van der Waals surface area contributed by atoms with E-state index in [9.17, 15) is 12.8 Å². The number of hydrogen-bond donors (Lipinski definition) is 1. The first kappa shape index (κ1) is 12.8. The summed E-state index contributed by atoms with van der Waals surface area (Å²) in [6.45, 7) is 3.03. The topological polar surface area (TPSA) is 55.4 Å². The van der Waals surface area contributed by atoms with E-state index in [1.54, 1.807) is 0 Å². The van der Waals surface area contributed by atoms with Crippen LogP contribution in [-0.2, 0) is 10.0 Å². The van der Waals surface area contributed by atoms with Crippen LogP contribution < -0.4 is 9.46 Å². The molecule has 0 saturated carbocycles. The number of halogens is 1. The van der Waals surface area contributed by atoms with Gasteiger partial charge in [0.25, 0.3) is 0 Å². The highest BCUT2D eigenvalue weighted by Gasteiger charge is 2.17. The second kappa shape index (κ2) is 4.69. The molecule has 1 N–H and O–H groups in total. The highest BCUT2D eigenvalue weighted by molar-refractivity contribution is 7.93. The van der Waals surface area contributed by atoms with Gasteiger partial charge in [-0.05, 0) is 26.0 Å². The summed E-state index contributed by atoms with van der Waals surface area (Å²) in [7, 11) is -2.12. The van der Waals surface area contributed by atoms with E-state index in [0.717, 1.165) is 6.07 Å². The number of methoxy groups -OCH3 is 1. The van der Waals surface area contributed by atoms with E-state index in [0.29, 0.717) is 5.75 Å². The lowest BCUT2D eigenvalue weighted by molar-refractivity contribution is 0.414. The first-order valence-electron chi connectivity index (χ1n) is 4.72. The molecule has 0 amide bonds. The fourth-order valence-corrected chi connectivity index (χ4v) is 1.68. The minimum atomic E-state index is -3.54. The Morgan fingerprint density at radius 1 is 1.38 bits per heavy atom. The third-order valence-electron chi connectivity index (χ3n) is 2.05. The van der Waals surface area contributed by atoms with Crippen molar-refractivity contribution in [3.05, 3.63) is 24.0 Å². The average molecular weight is 247 g/mol. The van der Waals surface area contributed by atoms with Gasteiger partial charge in [-0.2, -0.15) is 0 Å². The number of ether oxygens (including phenoxy) is 1. The molecule has 0 aliphatic heterocycles. The zero-order chi connectivity index (χ0) is 12.3. The zero-order valence-corrected chi connectivity index (χ0v) is 10.1. The predicted molar refractivity (Wildman–Crippen MR) is 60.6 cm³/mol. The molecule has 1 rings (SSSR count). The average Bonchev–Trinajstić information content (AvgIpc) is 2.21. The second-order valence-electron chi connectivity index (χ2n) is 3.54. The summed E-state index contributed by atoms with van der Waals surface area (Å²) in [5.74, 6) is -0.243. The summed E-state index contributed by atoms with van der Waals surface area (Å²) in [6.07, 6.45) is 0. The van der Waals surface area contributed by atoms with Crippen molar-refractivity contribution < 1.29 is 17.5 Å². The number of hydrogen-bond acceptors (Lipinski definition) is 3. The summed E-state index contributed by atoms with van der Waals surface area (Å²) < 4.78 is 43.4. The minimum Gasteiger partial charge on any atom is -0.497 e. The van der Waals surface area contributed by atoms with Crippen molar-refractivity contribution in [3.63, 3.8) is 0 Å². The van der Waals surface area contributed by atoms with Crippen LogP contribution >= 0.6 is 0 Å². The highest BCUT2D eigenvalue weighted by atomic mass is 32.2. The van der Waals surface area contributed by atoms with E-state index in [1.165, 1.54) is 33.1 Å². The molecule has 0 heterocycles. The smallest absolute Gasteiger partial charge is 0.235 e. The Kier molecular flexibility index (Phi) is 3.74. The standard InChI is InChI=1S/C10H14FNO3S/c1-7(2)16(13,14)12-10-6-8(15-3)4-5-9(10)11/h4-7,12H,1-3H3. The van der Waals surface area contributed by atoms with Crippen LogP contribution in [0.3, 0.4) is 0 Å². The Bertz CT molecular complexity index is 471. The molecule has 0 aromatic heterocycles. The van der Waals surface area contributed by atoms with Gasteiger partial charge < -0.3 is 4.74 Å². The van der Waals surface area contributed by atoms with Crippen LogP contribution in [0.1, 0.15) is 13.8 Å². The molecular formula is C10H14FNO3S. The monoisotopic (exact) mass is 247 g/mol. The highest BCUT2D eigenvalue weighted by Crippen LogP contribution is 2.22. The van der Waals surface area contributed by atoms with Crippen molar-refractivity contribution in [2.75, 3.05) is 11.8 Å². The van der Waals surface area contributed by atoms with Gasteiger partial charge in [0.1, 0.15) is 11.6 Å². The molecule has 0 aliphatic carbocycles. The summed E-state index contributed by atoms with van der Waals surface area (Å²) in [5, 5.41) is -0.627. The van der Waals surface area contributed by atoms with Crippen molar-refractivity contribution >= 4 is 15.7 Å². The minimum absolute atomic E-state index is 0.104. The molecule has 90 valence electrons. The third-order valence-corrected chi connectivity index (χ3v) is 3.79. The summed E-state index contributed by atoms with van der Waals surface area (Å²) in [4.78, 5) is 0. The molecule has 0 saturated heterocycles. The van der Waals surface area contributed by atoms with Gasteiger partial charge in [0.2, 0.25) is 10.0 Å². The number of anilines is 1. The normalized spacial score (nSPS) is 11.6. The third kappa shape index (κ3) is 2.85. The molecule has 0 radical (unpaired) electrons. The van der Waals surface area contributed by atoms with Gasteiger partial charge in [0.05, 0.1) is 18.0 Å². The number of nitrogens with one attached hydrogen (secondary N) is 1. The SMILES string of the molecule is COc1ccc(F)c(NS(=O)(=O)C(C)C)c1. The van der Waals surface area contributed by atoms with Crippen molar-refractivity contribution in [3.8, 4) is 5.75 Å². The maximum atomic E-state index is 13.3. The van der Waals surface area contributed by atoms with Crippen molar-refractivity contribution in [1.82, 2.24) is 0 Å². The molecule has 1 aromatic rings. The number of rotatable bonds is 4. The molecule has 0 spiro atoms. The Morgan fingerprint density at radius 2 is 2.00 bits per heavy atom. The molecule has 16 heavy (non-hydrogen) atoms. The largest absolute Gasteiger partial charge is 0.497 e. The van der Waals surface area contributed by atoms with E-state index in [2.05, 4.69) is 4.72 Å². The summed E-state index contributed by atoms with van der Waals surface area (Å²) in [6, 6.07) is 3.87. The lowest BCUT2D eigenvalue weighted by Gasteiger charge is -2.12. The number of sulfonamides is 1. The first-order chi connectivity index (χ1) is 7.36. The summed E-state index contributed by atoms with van der Waals surface area (Å²) in [5.41, 5.74) is -0.104. The van der Waals surface area contributed by atoms with E-state index in [4.69, 9.17) is 4.74 Å². The lowest BCUT2D eigenvalue weighted by atomic mass is 10.3. The molecule has 6 heteroatoms. The predicted octanol–water partition coefficient (Wildman–Crippen LogP) is 1.98. The van der Waals surface area contributed by atoms with E-state index < -0.39 is 21.1 Å². The van der Waals surface area contributed by atoms with Crippen LogP contribution in [0.5, 0.6) is 5.75 Å². The van der Waals surface area contributed by atoms with Crippen molar-refractivity contribution in [2.45, 2.75) is 19.1 Å². The molecule has 1 aromatic carbocycles. The molecule has 4 nitrogen and oxygen atoms in total. The van der Waals surface area contributed by atoms with Gasteiger partial charge in [-0.25, -0.2) is 12.8 Å². The van der Waals surface area contributed by atoms with Crippen molar-refractivity contribution in [1.29, 1.82) is 0 Å². The fourth-order valence-electron chi connectivity index (χ4n) is 0.981. The Morgan fingerprint density at radius 3 is 2.50 bits per heavy atom. The van der Waals surface area contributed by atoms with Gasteiger partial charge in [-0.15, -0.1) is 0 Å². The molecule has 0 atom stereocenters. The van der Waals surface area contributed by atoms with Crippen LogP contribution in [0.25, 0.3) is 0 Å². The van der Waals surface area contributed by atoms with Crippen LogP contribution in [0.15, 0.2) is 18.2 Å². The van der Waals surface area contributed by atoms with Gasteiger partial charge in [0, 0.05) is 6.07 Å². The van der Waals surface area contributed by atoms with Gasteiger partial charge in [0.15, 0.2) is 0 Å². The molecule has 0 bridgehead atoms. The van der Waals surface area contributed by atoms with Gasteiger partial charge >= 0.3 is 0 Å². The zero-order valence-electron chi connectivity index (χ0n) is 9.32. The first-order valence-corrected chi connectivity index (χ1v) is 6.26. The van der Waals surface area contributed by atoms with Crippen LogP contribution in [-0.4, -0.2) is 20.8 Å². The van der Waals surface area contributed by atoms with Gasteiger partial charge in [-0.3, -0.25) is 4.72 Å². The fraction of sp³-hybridized carbons (Fsp3) is 0.400. The number of benzene rings is 1. The van der Waals surface area contributed by atoms with Gasteiger partial charge in [-0.1, -0.05) is 0 Å². The lowest BCUT2D eigenvalue weighted by Crippen LogP contribution is -2.23. The molecule has 0 unspecified atom stereocenters. The summed E-state index contributed by atoms with van der Waals surface area (Å²) >= 11 is 0. The van der Waals surface area contributed by atoms with Crippen LogP contribution in [0, 0.1) is 5.82 Å². The molecule has 0 fully saturated rings. The van der Waals surface area contributed by atoms with E-state index >= 15 is 0 Å². The Hall–Kier alpha value is -1.30. The maximum absolute atomic E-state index is 13.3. The maximum Gasteiger partial charge on any atom is 0.235 e. The quantitative estimate of drug-likeness (QED) is 0.885. The Balaban J connectivity index is 3.06. The van der Waals surface area contributed by atoms with Crippen LogP contribution in [0.2, 0.25) is 0 Å². The van der Waals surface area contributed by atoms with E-state index in [1.807, 2.05) is 0 Å². The van der Waals surface area contributed by atoms with Crippen molar-refractivity contribution in [2.24, 2.45) is 0 Å². The second-order valence-corrected chi connectivity index (χ2v) is 5.78. The molecule has 0 aliphatic rings.